The molecule has 108 valence electrons. The molecule has 0 aliphatic heterocycles. The molecule has 3 aromatic rings. The first kappa shape index (κ1) is 13.8. The number of fused-ring (bicyclic) bond motifs is 1. The minimum absolute atomic E-state index is 0.105. The van der Waals surface area contributed by atoms with E-state index in [9.17, 15) is 4.39 Å². The fourth-order valence-corrected chi connectivity index (χ4v) is 2.54. The summed E-state index contributed by atoms with van der Waals surface area (Å²) in [4.78, 5) is 3.27. The van der Waals surface area contributed by atoms with Crippen molar-refractivity contribution in [2.24, 2.45) is 0 Å². The van der Waals surface area contributed by atoms with Gasteiger partial charge in [0.15, 0.2) is 0 Å². The van der Waals surface area contributed by atoms with E-state index in [0.717, 1.165) is 17.6 Å². The molecular formula is C18H19FN2. The van der Waals surface area contributed by atoms with Gasteiger partial charge in [-0.2, -0.15) is 0 Å². The zero-order valence-electron chi connectivity index (χ0n) is 12.3. The van der Waals surface area contributed by atoms with E-state index in [1.165, 1.54) is 10.9 Å². The molecule has 0 saturated heterocycles. The minimum atomic E-state index is -0.145. The summed E-state index contributed by atoms with van der Waals surface area (Å²) in [7, 11) is 0. The van der Waals surface area contributed by atoms with Crippen molar-refractivity contribution in [3.05, 3.63) is 71.2 Å². The van der Waals surface area contributed by atoms with E-state index < -0.39 is 0 Å². The number of aromatic nitrogens is 1. The molecule has 1 heterocycles. The highest BCUT2D eigenvalue weighted by molar-refractivity contribution is 5.82. The van der Waals surface area contributed by atoms with Gasteiger partial charge in [0.1, 0.15) is 5.82 Å². The van der Waals surface area contributed by atoms with Crippen molar-refractivity contribution in [2.75, 3.05) is 0 Å². The molecule has 2 aromatic carbocycles. The Hall–Kier alpha value is -2.13. The molecule has 0 amide bonds. The molecule has 1 aromatic heterocycles. The Morgan fingerprint density at radius 2 is 2.00 bits per heavy atom. The van der Waals surface area contributed by atoms with Crippen LogP contribution in [-0.4, -0.2) is 4.98 Å². The van der Waals surface area contributed by atoms with Gasteiger partial charge in [-0.1, -0.05) is 30.3 Å². The van der Waals surface area contributed by atoms with Gasteiger partial charge in [-0.3, -0.25) is 0 Å². The SMILES string of the molecule is Cc1ccc(C(C)NCc2c[nH]c3ccccc23)cc1F. The lowest BCUT2D eigenvalue weighted by Gasteiger charge is -2.14. The Kier molecular flexibility index (Phi) is 3.76. The lowest BCUT2D eigenvalue weighted by atomic mass is 10.1. The van der Waals surface area contributed by atoms with Crippen LogP contribution in [0.2, 0.25) is 0 Å². The van der Waals surface area contributed by atoms with Crippen LogP contribution in [0.25, 0.3) is 10.9 Å². The molecule has 0 radical (unpaired) electrons. The van der Waals surface area contributed by atoms with E-state index in [-0.39, 0.29) is 11.9 Å². The first-order valence-electron chi connectivity index (χ1n) is 7.19. The summed E-state index contributed by atoms with van der Waals surface area (Å²) >= 11 is 0. The van der Waals surface area contributed by atoms with E-state index >= 15 is 0 Å². The zero-order chi connectivity index (χ0) is 14.8. The van der Waals surface area contributed by atoms with Crippen molar-refractivity contribution in [3.63, 3.8) is 0 Å². The van der Waals surface area contributed by atoms with Crippen molar-refractivity contribution < 1.29 is 4.39 Å². The second kappa shape index (κ2) is 5.70. The number of benzene rings is 2. The Bertz CT molecular complexity index is 761. The smallest absolute Gasteiger partial charge is 0.126 e. The normalized spacial score (nSPS) is 12.7. The molecule has 0 saturated carbocycles. The molecule has 3 heteroatoms. The van der Waals surface area contributed by atoms with E-state index in [1.807, 2.05) is 30.5 Å². The highest BCUT2D eigenvalue weighted by Crippen LogP contribution is 2.20. The summed E-state index contributed by atoms with van der Waals surface area (Å²) in [6, 6.07) is 13.8. The second-order valence-corrected chi connectivity index (χ2v) is 5.47. The maximum Gasteiger partial charge on any atom is 0.126 e. The van der Waals surface area contributed by atoms with E-state index in [1.54, 1.807) is 13.0 Å². The van der Waals surface area contributed by atoms with Crippen LogP contribution in [0.4, 0.5) is 4.39 Å². The second-order valence-electron chi connectivity index (χ2n) is 5.47. The molecule has 0 fully saturated rings. The third-order valence-corrected chi connectivity index (χ3v) is 3.97. The number of H-pyrrole nitrogens is 1. The summed E-state index contributed by atoms with van der Waals surface area (Å²) in [6.07, 6.45) is 2.03. The maximum atomic E-state index is 13.6. The van der Waals surface area contributed by atoms with Crippen molar-refractivity contribution in [1.82, 2.24) is 10.3 Å². The maximum absolute atomic E-state index is 13.6. The zero-order valence-corrected chi connectivity index (χ0v) is 12.3. The average molecular weight is 282 g/mol. The topological polar surface area (TPSA) is 27.8 Å². The van der Waals surface area contributed by atoms with Gasteiger partial charge < -0.3 is 10.3 Å². The Morgan fingerprint density at radius 1 is 1.19 bits per heavy atom. The van der Waals surface area contributed by atoms with Crippen molar-refractivity contribution >= 4 is 10.9 Å². The highest BCUT2D eigenvalue weighted by atomic mass is 19.1. The third-order valence-electron chi connectivity index (χ3n) is 3.97. The molecule has 1 atom stereocenters. The molecule has 0 aliphatic carbocycles. The van der Waals surface area contributed by atoms with E-state index in [2.05, 4.69) is 29.4 Å². The van der Waals surface area contributed by atoms with Crippen molar-refractivity contribution in [2.45, 2.75) is 26.4 Å². The van der Waals surface area contributed by atoms with E-state index in [0.29, 0.717) is 5.56 Å². The van der Waals surface area contributed by atoms with Crippen LogP contribution in [0, 0.1) is 12.7 Å². The average Bonchev–Trinajstić information content (AvgIpc) is 2.91. The summed E-state index contributed by atoms with van der Waals surface area (Å²) < 4.78 is 13.6. The summed E-state index contributed by atoms with van der Waals surface area (Å²) in [6.45, 7) is 4.59. The standard InChI is InChI=1S/C18H19FN2/c1-12-7-8-14(9-17(12)19)13(2)20-10-15-11-21-18-6-4-3-5-16(15)18/h3-9,11,13,20-21H,10H2,1-2H3. The van der Waals surface area contributed by atoms with Crippen molar-refractivity contribution in [3.8, 4) is 0 Å². The molecule has 0 bridgehead atoms. The van der Waals surface area contributed by atoms with Crippen LogP contribution in [0.3, 0.4) is 0 Å². The van der Waals surface area contributed by atoms with Crippen LogP contribution >= 0.6 is 0 Å². The monoisotopic (exact) mass is 282 g/mol. The van der Waals surface area contributed by atoms with Gasteiger partial charge in [0.25, 0.3) is 0 Å². The molecular weight excluding hydrogens is 263 g/mol. The van der Waals surface area contributed by atoms with Gasteiger partial charge in [0.2, 0.25) is 0 Å². The molecule has 1 unspecified atom stereocenters. The number of aryl methyl sites for hydroxylation is 1. The summed E-state index contributed by atoms with van der Waals surface area (Å²) in [5, 5.41) is 4.68. The Morgan fingerprint density at radius 3 is 2.81 bits per heavy atom. The van der Waals surface area contributed by atoms with Gasteiger partial charge in [-0.25, -0.2) is 4.39 Å². The number of halogens is 1. The lowest BCUT2D eigenvalue weighted by molar-refractivity contribution is 0.564. The highest BCUT2D eigenvalue weighted by Gasteiger charge is 2.09. The first-order valence-corrected chi connectivity index (χ1v) is 7.19. The predicted octanol–water partition coefficient (Wildman–Crippen LogP) is 4.47. The van der Waals surface area contributed by atoms with Gasteiger partial charge >= 0.3 is 0 Å². The molecule has 0 spiro atoms. The lowest BCUT2D eigenvalue weighted by Crippen LogP contribution is -2.18. The summed E-state index contributed by atoms with van der Waals surface area (Å²) in [5.41, 5.74) is 4.02. The number of rotatable bonds is 4. The Balaban J connectivity index is 1.73. The number of aromatic amines is 1. The van der Waals surface area contributed by atoms with Gasteiger partial charge in [-0.15, -0.1) is 0 Å². The minimum Gasteiger partial charge on any atom is -0.361 e. The predicted molar refractivity (Wildman–Crippen MR) is 84.7 cm³/mol. The van der Waals surface area contributed by atoms with Crippen LogP contribution < -0.4 is 5.32 Å². The number of para-hydroxylation sites is 1. The Labute approximate surface area is 124 Å². The van der Waals surface area contributed by atoms with Crippen molar-refractivity contribution in [1.29, 1.82) is 0 Å². The largest absolute Gasteiger partial charge is 0.361 e. The van der Waals surface area contributed by atoms with Crippen LogP contribution in [-0.2, 0) is 6.54 Å². The molecule has 21 heavy (non-hydrogen) atoms. The number of hydrogen-bond donors (Lipinski definition) is 2. The quantitative estimate of drug-likeness (QED) is 0.726. The van der Waals surface area contributed by atoms with Gasteiger partial charge in [-0.05, 0) is 42.7 Å². The van der Waals surface area contributed by atoms with Crippen LogP contribution in [0.5, 0.6) is 0 Å². The third kappa shape index (κ3) is 2.83. The van der Waals surface area contributed by atoms with E-state index in [4.69, 9.17) is 0 Å². The van der Waals surface area contributed by atoms with Crippen LogP contribution in [0.1, 0.15) is 29.7 Å². The molecule has 2 nitrogen and oxygen atoms in total. The number of hydrogen-bond acceptors (Lipinski definition) is 1. The van der Waals surface area contributed by atoms with Crippen LogP contribution in [0.15, 0.2) is 48.7 Å². The fourth-order valence-electron chi connectivity index (χ4n) is 2.54. The molecule has 0 aliphatic rings. The number of nitrogens with one attached hydrogen (secondary N) is 2. The molecule has 3 rings (SSSR count). The fraction of sp³-hybridized carbons (Fsp3) is 0.222. The summed E-state index contributed by atoms with van der Waals surface area (Å²) in [5.74, 6) is -0.145. The van der Waals surface area contributed by atoms with Gasteiger partial charge in [0.05, 0.1) is 0 Å². The van der Waals surface area contributed by atoms with Gasteiger partial charge in [0, 0.05) is 29.7 Å². The first-order chi connectivity index (χ1) is 10.1. The molecule has 2 N–H and O–H groups in total.